The van der Waals surface area contributed by atoms with Crippen molar-refractivity contribution in [3.05, 3.63) is 29.1 Å². The summed E-state index contributed by atoms with van der Waals surface area (Å²) in [6.45, 7) is 0. The summed E-state index contributed by atoms with van der Waals surface area (Å²) in [4.78, 5) is 0. The van der Waals surface area contributed by atoms with Crippen molar-refractivity contribution in [3.8, 4) is 5.75 Å². The molecule has 0 spiro atoms. The lowest BCUT2D eigenvalue weighted by Crippen LogP contribution is -2.02. The van der Waals surface area contributed by atoms with Crippen molar-refractivity contribution in [2.45, 2.75) is 18.3 Å². The summed E-state index contributed by atoms with van der Waals surface area (Å²) in [6, 6.07) is 3.10. The summed E-state index contributed by atoms with van der Waals surface area (Å²) in [6.07, 6.45) is 0.101. The fraction of sp³-hybridized carbons (Fsp3) is 0.455. The molecule has 15 heavy (non-hydrogen) atoms. The van der Waals surface area contributed by atoms with Crippen molar-refractivity contribution in [3.63, 3.8) is 0 Å². The van der Waals surface area contributed by atoms with Crippen LogP contribution in [0.4, 0.5) is 4.39 Å². The van der Waals surface area contributed by atoms with Crippen LogP contribution in [-0.2, 0) is 5.75 Å². The van der Waals surface area contributed by atoms with Gasteiger partial charge in [0.05, 0.1) is 13.2 Å². The van der Waals surface area contributed by atoms with Crippen LogP contribution in [-0.4, -0.2) is 18.0 Å². The fourth-order valence-electron chi connectivity index (χ4n) is 1.72. The summed E-state index contributed by atoms with van der Waals surface area (Å²) in [5.74, 6) is 1.68. The molecule has 0 amide bonds. The summed E-state index contributed by atoms with van der Waals surface area (Å²) < 4.78 is 18.7. The zero-order valence-corrected chi connectivity index (χ0v) is 9.31. The molecular formula is C11H13FO2S. The number of methoxy groups -OCH3 is 1. The molecule has 0 saturated heterocycles. The lowest BCUT2D eigenvalue weighted by Gasteiger charge is -2.13. The third-order valence-corrected chi connectivity index (χ3v) is 3.60. The van der Waals surface area contributed by atoms with Crippen LogP contribution in [0.5, 0.6) is 5.75 Å². The van der Waals surface area contributed by atoms with Crippen LogP contribution in [0.25, 0.3) is 0 Å². The van der Waals surface area contributed by atoms with Crippen LogP contribution >= 0.6 is 11.8 Å². The first-order valence-electron chi connectivity index (χ1n) is 4.84. The average Bonchev–Trinajstić information content (AvgIpc) is 2.41. The van der Waals surface area contributed by atoms with E-state index in [0.29, 0.717) is 29.1 Å². The number of fused-ring (bicyclic) bond motifs is 1. The summed E-state index contributed by atoms with van der Waals surface area (Å²) in [5, 5.41) is 9.85. The van der Waals surface area contributed by atoms with Crippen molar-refractivity contribution in [2.24, 2.45) is 0 Å². The molecule has 2 nitrogen and oxygen atoms in total. The zero-order valence-electron chi connectivity index (χ0n) is 8.50. The Hall–Kier alpha value is -0.740. The number of thioether (sulfide) groups is 1. The van der Waals surface area contributed by atoms with Gasteiger partial charge in [-0.3, -0.25) is 0 Å². The predicted molar refractivity (Wildman–Crippen MR) is 58.7 cm³/mol. The first-order valence-corrected chi connectivity index (χ1v) is 6.00. The molecule has 1 N–H and O–H groups in total. The van der Waals surface area contributed by atoms with E-state index < -0.39 is 6.10 Å². The van der Waals surface area contributed by atoms with Crippen LogP contribution < -0.4 is 4.74 Å². The van der Waals surface area contributed by atoms with E-state index in [-0.39, 0.29) is 5.82 Å². The molecule has 0 aliphatic carbocycles. The molecule has 1 aliphatic rings. The highest BCUT2D eigenvalue weighted by Gasteiger charge is 2.20. The number of hydrogen-bond donors (Lipinski definition) is 1. The predicted octanol–water partition coefficient (Wildman–Crippen LogP) is 2.50. The van der Waals surface area contributed by atoms with Gasteiger partial charge < -0.3 is 9.84 Å². The van der Waals surface area contributed by atoms with Gasteiger partial charge in [-0.25, -0.2) is 4.39 Å². The van der Waals surface area contributed by atoms with Crippen molar-refractivity contribution in [1.29, 1.82) is 0 Å². The van der Waals surface area contributed by atoms with E-state index in [1.54, 1.807) is 17.8 Å². The lowest BCUT2D eigenvalue weighted by atomic mass is 10.0. The topological polar surface area (TPSA) is 29.5 Å². The minimum absolute atomic E-state index is 0.280. The van der Waals surface area contributed by atoms with Crippen LogP contribution in [0.15, 0.2) is 12.1 Å². The second kappa shape index (κ2) is 4.41. The highest BCUT2D eigenvalue weighted by atomic mass is 32.2. The zero-order chi connectivity index (χ0) is 10.8. The van der Waals surface area contributed by atoms with Crippen LogP contribution in [0.2, 0.25) is 0 Å². The molecule has 0 saturated carbocycles. The molecule has 2 rings (SSSR count). The van der Waals surface area contributed by atoms with Gasteiger partial charge in [-0.2, -0.15) is 11.8 Å². The van der Waals surface area contributed by atoms with E-state index in [1.807, 2.05) is 0 Å². The van der Waals surface area contributed by atoms with E-state index in [2.05, 4.69) is 0 Å². The molecule has 4 heteroatoms. The van der Waals surface area contributed by atoms with E-state index in [1.165, 1.54) is 13.2 Å². The SMILES string of the molecule is COc1cc(F)c2c(c1)[C@@H](O)CCSC2. The molecular weight excluding hydrogens is 215 g/mol. The number of rotatable bonds is 1. The van der Waals surface area contributed by atoms with Gasteiger partial charge in [-0.1, -0.05) is 0 Å². The first-order chi connectivity index (χ1) is 7.22. The van der Waals surface area contributed by atoms with Gasteiger partial charge >= 0.3 is 0 Å². The Kier molecular flexibility index (Phi) is 3.17. The third-order valence-electron chi connectivity index (χ3n) is 2.58. The van der Waals surface area contributed by atoms with Gasteiger partial charge in [0, 0.05) is 17.4 Å². The maximum atomic E-state index is 13.7. The van der Waals surface area contributed by atoms with Crippen LogP contribution in [0, 0.1) is 5.82 Å². The Bertz CT molecular complexity index is 368. The molecule has 1 atom stereocenters. The molecule has 1 heterocycles. The fourth-order valence-corrected chi connectivity index (χ4v) is 2.77. The highest BCUT2D eigenvalue weighted by Crippen LogP contribution is 2.34. The standard InChI is InChI=1S/C11H13FO2S/c1-14-7-4-8-9(10(12)5-7)6-15-3-2-11(8)13/h4-5,11,13H,2-3,6H2,1H3/t11-/m0/s1. The summed E-state index contributed by atoms with van der Waals surface area (Å²) >= 11 is 1.65. The lowest BCUT2D eigenvalue weighted by molar-refractivity contribution is 0.174. The molecule has 1 aromatic rings. The molecule has 0 bridgehead atoms. The van der Waals surface area contributed by atoms with Crippen molar-refractivity contribution in [1.82, 2.24) is 0 Å². The minimum atomic E-state index is -0.570. The Balaban J connectivity index is 2.50. The van der Waals surface area contributed by atoms with Gasteiger partial charge in [-0.05, 0) is 23.8 Å². The second-order valence-corrected chi connectivity index (χ2v) is 4.64. The summed E-state index contributed by atoms with van der Waals surface area (Å²) in [5.41, 5.74) is 1.29. The van der Waals surface area contributed by atoms with Crippen molar-refractivity contribution >= 4 is 11.8 Å². The normalized spacial score (nSPS) is 20.6. The van der Waals surface area contributed by atoms with Gasteiger partial charge in [0.25, 0.3) is 0 Å². The van der Waals surface area contributed by atoms with Gasteiger partial charge in [0.1, 0.15) is 11.6 Å². The van der Waals surface area contributed by atoms with Crippen molar-refractivity contribution < 1.29 is 14.2 Å². The van der Waals surface area contributed by atoms with E-state index in [0.717, 1.165) is 5.75 Å². The molecule has 82 valence electrons. The minimum Gasteiger partial charge on any atom is -0.497 e. The summed E-state index contributed by atoms with van der Waals surface area (Å²) in [7, 11) is 1.50. The van der Waals surface area contributed by atoms with Gasteiger partial charge in [0.15, 0.2) is 0 Å². The Labute approximate surface area is 92.4 Å². The van der Waals surface area contributed by atoms with Crippen LogP contribution in [0.3, 0.4) is 0 Å². The smallest absolute Gasteiger partial charge is 0.131 e. The molecule has 1 aliphatic heterocycles. The van der Waals surface area contributed by atoms with E-state index >= 15 is 0 Å². The monoisotopic (exact) mass is 228 g/mol. The number of benzene rings is 1. The van der Waals surface area contributed by atoms with E-state index in [4.69, 9.17) is 4.74 Å². The number of ether oxygens (including phenoxy) is 1. The molecule has 0 aromatic heterocycles. The third kappa shape index (κ3) is 2.11. The maximum Gasteiger partial charge on any atom is 0.131 e. The number of hydrogen-bond acceptors (Lipinski definition) is 3. The average molecular weight is 228 g/mol. The first kappa shape index (κ1) is 10.8. The largest absolute Gasteiger partial charge is 0.497 e. The number of halogens is 1. The number of aliphatic hydroxyl groups is 1. The quantitative estimate of drug-likeness (QED) is 0.800. The van der Waals surface area contributed by atoms with Gasteiger partial charge in [-0.15, -0.1) is 0 Å². The molecule has 0 unspecified atom stereocenters. The molecule has 0 radical (unpaired) electrons. The second-order valence-electron chi connectivity index (χ2n) is 3.53. The highest BCUT2D eigenvalue weighted by molar-refractivity contribution is 7.98. The van der Waals surface area contributed by atoms with E-state index in [9.17, 15) is 9.50 Å². The Morgan fingerprint density at radius 1 is 1.53 bits per heavy atom. The Morgan fingerprint density at radius 2 is 2.33 bits per heavy atom. The van der Waals surface area contributed by atoms with Crippen molar-refractivity contribution in [2.75, 3.05) is 12.9 Å². The van der Waals surface area contributed by atoms with Gasteiger partial charge in [0.2, 0.25) is 0 Å². The maximum absolute atomic E-state index is 13.7. The molecule has 0 fully saturated rings. The molecule has 1 aromatic carbocycles. The Morgan fingerprint density at radius 3 is 3.07 bits per heavy atom. The number of aliphatic hydroxyl groups excluding tert-OH is 1. The van der Waals surface area contributed by atoms with Crippen LogP contribution in [0.1, 0.15) is 23.7 Å².